The van der Waals surface area contributed by atoms with Crippen LogP contribution in [-0.4, -0.2) is 34.4 Å². The van der Waals surface area contributed by atoms with Gasteiger partial charge in [-0.15, -0.1) is 0 Å². The Hall–Kier alpha value is -0.680. The van der Waals surface area contributed by atoms with Crippen LogP contribution in [0.25, 0.3) is 0 Å². The number of hydrogen-bond donors (Lipinski definition) is 2. The summed E-state index contributed by atoms with van der Waals surface area (Å²) in [5, 5.41) is 27.1. The fourth-order valence-electron chi connectivity index (χ4n) is 0.454. The fraction of sp³-hybridized carbons (Fsp3) is 1.00. The van der Waals surface area contributed by atoms with Gasteiger partial charge in [0.1, 0.15) is 6.10 Å². The Balaban J connectivity index is 3.61. The minimum Gasteiger partial charge on any atom is -0.396 e. The Labute approximate surface area is 58.4 Å². The van der Waals surface area contributed by atoms with Crippen LogP contribution >= 0.6 is 0 Å². The van der Waals surface area contributed by atoms with Gasteiger partial charge < -0.3 is 10.2 Å². The van der Waals surface area contributed by atoms with E-state index in [-0.39, 0.29) is 6.61 Å². The summed E-state index contributed by atoms with van der Waals surface area (Å²) in [6.07, 6.45) is -1.04. The molecule has 2 atom stereocenters. The van der Waals surface area contributed by atoms with Gasteiger partial charge in [-0.3, -0.25) is 10.1 Å². The van der Waals surface area contributed by atoms with Crippen molar-refractivity contribution in [3.8, 4) is 0 Å². The van der Waals surface area contributed by atoms with Crippen LogP contribution in [0, 0.1) is 16.0 Å². The maximum absolute atomic E-state index is 9.79. The number of aliphatic hydroxyl groups excluding tert-OH is 2. The molecule has 0 fully saturated rings. The normalized spacial score (nSPS) is 16.3. The molecule has 0 aromatic rings. The lowest BCUT2D eigenvalue weighted by Gasteiger charge is -2.10. The summed E-state index contributed by atoms with van der Waals surface area (Å²) in [4.78, 5) is 9.19. The van der Waals surface area contributed by atoms with E-state index in [2.05, 4.69) is 0 Å². The van der Waals surface area contributed by atoms with Gasteiger partial charge in [0, 0.05) is 17.4 Å². The van der Waals surface area contributed by atoms with Crippen molar-refractivity contribution in [3.63, 3.8) is 0 Å². The molecule has 0 aromatic carbocycles. The Kier molecular flexibility index (Phi) is 3.90. The van der Waals surface area contributed by atoms with Crippen LogP contribution in [-0.2, 0) is 0 Å². The second-order valence-corrected chi connectivity index (χ2v) is 2.24. The third-order valence-electron chi connectivity index (χ3n) is 1.28. The van der Waals surface area contributed by atoms with E-state index in [0.29, 0.717) is 0 Å². The van der Waals surface area contributed by atoms with Crippen molar-refractivity contribution in [3.05, 3.63) is 10.1 Å². The van der Waals surface area contributed by atoms with E-state index < -0.39 is 23.5 Å². The number of hydrogen-bond acceptors (Lipinski definition) is 4. The number of rotatable bonds is 4. The molecule has 0 spiro atoms. The monoisotopic (exact) mass is 149 g/mol. The fourth-order valence-corrected chi connectivity index (χ4v) is 0.454. The van der Waals surface area contributed by atoms with Gasteiger partial charge in [0.05, 0.1) is 0 Å². The second kappa shape index (κ2) is 4.19. The minimum atomic E-state index is -1.04. The SMILES string of the molecule is CC(CO)C(O)C[N+](=O)[O-]. The maximum Gasteiger partial charge on any atom is 0.229 e. The largest absolute Gasteiger partial charge is 0.396 e. The standard InChI is InChI=1S/C5H11NO4/c1-4(3-7)5(8)2-6(9)10/h4-5,7-8H,2-3H2,1H3. The molecule has 2 unspecified atom stereocenters. The molecule has 10 heavy (non-hydrogen) atoms. The molecular weight excluding hydrogens is 138 g/mol. The lowest BCUT2D eigenvalue weighted by molar-refractivity contribution is -0.492. The molecular formula is C5H11NO4. The maximum atomic E-state index is 9.79. The highest BCUT2D eigenvalue weighted by Crippen LogP contribution is 2.00. The van der Waals surface area contributed by atoms with Gasteiger partial charge in [-0.2, -0.15) is 0 Å². The molecule has 0 saturated heterocycles. The molecule has 5 nitrogen and oxygen atoms in total. The van der Waals surface area contributed by atoms with E-state index in [1.165, 1.54) is 0 Å². The average molecular weight is 149 g/mol. The van der Waals surface area contributed by atoms with Crippen molar-refractivity contribution in [2.75, 3.05) is 13.2 Å². The first-order valence-electron chi connectivity index (χ1n) is 2.98. The molecule has 0 bridgehead atoms. The van der Waals surface area contributed by atoms with Crippen molar-refractivity contribution in [1.82, 2.24) is 0 Å². The zero-order chi connectivity index (χ0) is 8.15. The predicted octanol–water partition coefficient (Wildman–Crippen LogP) is -0.748. The van der Waals surface area contributed by atoms with E-state index in [1.54, 1.807) is 6.92 Å². The molecule has 0 aliphatic rings. The van der Waals surface area contributed by atoms with Crippen LogP contribution in [0.1, 0.15) is 6.92 Å². The van der Waals surface area contributed by atoms with E-state index in [9.17, 15) is 10.1 Å². The zero-order valence-corrected chi connectivity index (χ0v) is 5.73. The molecule has 0 aliphatic carbocycles. The average Bonchev–Trinajstić information content (AvgIpc) is 1.85. The van der Waals surface area contributed by atoms with E-state index in [4.69, 9.17) is 10.2 Å². The zero-order valence-electron chi connectivity index (χ0n) is 5.73. The lowest BCUT2D eigenvalue weighted by atomic mass is 10.1. The van der Waals surface area contributed by atoms with Crippen molar-refractivity contribution >= 4 is 0 Å². The van der Waals surface area contributed by atoms with Crippen molar-refractivity contribution in [2.45, 2.75) is 13.0 Å². The third-order valence-corrected chi connectivity index (χ3v) is 1.28. The Bertz CT molecular complexity index is 116. The van der Waals surface area contributed by atoms with Crippen molar-refractivity contribution in [2.24, 2.45) is 5.92 Å². The van der Waals surface area contributed by atoms with Crippen molar-refractivity contribution in [1.29, 1.82) is 0 Å². The first-order chi connectivity index (χ1) is 4.57. The summed E-state index contributed by atoms with van der Waals surface area (Å²) < 4.78 is 0. The van der Waals surface area contributed by atoms with Gasteiger partial charge in [-0.05, 0) is 0 Å². The van der Waals surface area contributed by atoms with Gasteiger partial charge >= 0.3 is 0 Å². The predicted molar refractivity (Wildman–Crippen MR) is 34.1 cm³/mol. The van der Waals surface area contributed by atoms with Gasteiger partial charge in [0.15, 0.2) is 0 Å². The Morgan fingerprint density at radius 2 is 2.20 bits per heavy atom. The van der Waals surface area contributed by atoms with Crippen LogP contribution in [0.4, 0.5) is 0 Å². The van der Waals surface area contributed by atoms with Crippen LogP contribution in [0.3, 0.4) is 0 Å². The van der Waals surface area contributed by atoms with Gasteiger partial charge in [-0.1, -0.05) is 6.92 Å². The lowest BCUT2D eigenvalue weighted by Crippen LogP contribution is -2.28. The first-order valence-corrected chi connectivity index (χ1v) is 2.98. The van der Waals surface area contributed by atoms with Crippen molar-refractivity contribution < 1.29 is 15.1 Å². The minimum absolute atomic E-state index is 0.227. The molecule has 0 amide bonds. The highest BCUT2D eigenvalue weighted by molar-refractivity contribution is 4.60. The van der Waals surface area contributed by atoms with Gasteiger partial charge in [0.25, 0.3) is 0 Å². The molecule has 0 radical (unpaired) electrons. The van der Waals surface area contributed by atoms with Crippen LogP contribution in [0.15, 0.2) is 0 Å². The van der Waals surface area contributed by atoms with Crippen LogP contribution < -0.4 is 0 Å². The quantitative estimate of drug-likeness (QED) is 0.407. The van der Waals surface area contributed by atoms with Gasteiger partial charge in [-0.25, -0.2) is 0 Å². The van der Waals surface area contributed by atoms with E-state index in [0.717, 1.165) is 0 Å². The molecule has 2 N–H and O–H groups in total. The molecule has 5 heteroatoms. The highest BCUT2D eigenvalue weighted by Gasteiger charge is 2.18. The Morgan fingerprint density at radius 3 is 2.50 bits per heavy atom. The smallest absolute Gasteiger partial charge is 0.229 e. The third kappa shape index (κ3) is 3.37. The summed E-state index contributed by atoms with van der Waals surface area (Å²) in [7, 11) is 0. The Morgan fingerprint density at radius 1 is 1.70 bits per heavy atom. The molecule has 60 valence electrons. The summed E-state index contributed by atoms with van der Waals surface area (Å²) in [6, 6.07) is 0. The second-order valence-electron chi connectivity index (χ2n) is 2.24. The van der Waals surface area contributed by atoms with E-state index >= 15 is 0 Å². The highest BCUT2D eigenvalue weighted by atomic mass is 16.6. The van der Waals surface area contributed by atoms with E-state index in [1.807, 2.05) is 0 Å². The number of nitrogens with zero attached hydrogens (tertiary/aromatic N) is 1. The summed E-state index contributed by atoms with van der Waals surface area (Å²) in [6.45, 7) is 0.824. The molecule has 0 aliphatic heterocycles. The van der Waals surface area contributed by atoms with Crippen LogP contribution in [0.2, 0.25) is 0 Å². The molecule has 0 aromatic heterocycles. The number of aliphatic hydroxyl groups is 2. The van der Waals surface area contributed by atoms with Crippen LogP contribution in [0.5, 0.6) is 0 Å². The summed E-state index contributed by atoms with van der Waals surface area (Å²) >= 11 is 0. The topological polar surface area (TPSA) is 83.6 Å². The number of nitro groups is 1. The first kappa shape index (κ1) is 9.32. The summed E-state index contributed by atoms with van der Waals surface area (Å²) in [5.41, 5.74) is 0. The summed E-state index contributed by atoms with van der Waals surface area (Å²) in [5.74, 6) is -0.426. The molecule has 0 heterocycles. The van der Waals surface area contributed by atoms with Gasteiger partial charge in [0.2, 0.25) is 6.54 Å². The molecule has 0 rings (SSSR count). The molecule has 0 saturated carbocycles.